The summed E-state index contributed by atoms with van der Waals surface area (Å²) in [6, 6.07) is 2.03. The number of hydrogen-bond donors (Lipinski definition) is 1. The molecule has 2 heterocycles. The second-order valence-electron chi connectivity index (χ2n) is 4.80. The first kappa shape index (κ1) is 17.7. The minimum atomic E-state index is -3.77. The van der Waals surface area contributed by atoms with Crippen molar-refractivity contribution in [1.29, 1.82) is 0 Å². The molecule has 0 fully saturated rings. The third kappa shape index (κ3) is 4.91. The zero-order chi connectivity index (χ0) is 17.4. The fraction of sp³-hybridized carbons (Fsp3) is 0.385. The van der Waals surface area contributed by atoms with Gasteiger partial charge in [-0.05, 0) is 17.7 Å². The number of nitrogens with zero attached hydrogens (tertiary/aromatic N) is 6. The van der Waals surface area contributed by atoms with E-state index in [-0.39, 0.29) is 17.5 Å². The molecule has 2 rings (SSSR count). The Labute approximate surface area is 139 Å². The Morgan fingerprint density at radius 1 is 1.21 bits per heavy atom. The molecule has 0 saturated heterocycles. The number of sulfonamides is 1. The van der Waals surface area contributed by atoms with Crippen LogP contribution in [0.5, 0.6) is 0 Å². The van der Waals surface area contributed by atoms with Gasteiger partial charge in [0.25, 0.3) is 0 Å². The molecule has 128 valence electrons. The van der Waals surface area contributed by atoms with Crippen LogP contribution in [0.1, 0.15) is 26.2 Å². The molecule has 0 radical (unpaired) electrons. The number of carbonyl (C=O) groups excluding carboxylic acids is 1. The lowest BCUT2D eigenvalue weighted by Gasteiger charge is -2.19. The van der Waals surface area contributed by atoms with Crippen LogP contribution < -0.4 is 9.62 Å². The molecule has 0 aliphatic carbocycles. The first-order valence-corrected chi connectivity index (χ1v) is 8.94. The summed E-state index contributed by atoms with van der Waals surface area (Å²) in [5.74, 6) is -0.116. The maximum Gasteiger partial charge on any atom is 0.343 e. The number of aromatic nitrogens is 5. The van der Waals surface area contributed by atoms with Crippen molar-refractivity contribution in [2.24, 2.45) is 0 Å². The molecule has 0 saturated carbocycles. The normalized spacial score (nSPS) is 11.0. The molecule has 11 heteroatoms. The molecule has 2 aromatic heterocycles. The number of hydrogen-bond acceptors (Lipinski definition) is 8. The third-order valence-corrected chi connectivity index (χ3v) is 4.24. The molecule has 0 atom stereocenters. The van der Waals surface area contributed by atoms with Crippen molar-refractivity contribution in [2.75, 3.05) is 10.7 Å². The molecule has 0 spiro atoms. The Hall–Kier alpha value is -2.69. The van der Waals surface area contributed by atoms with Crippen LogP contribution in [0.4, 0.5) is 16.6 Å². The van der Waals surface area contributed by atoms with Crippen LogP contribution >= 0.6 is 0 Å². The molecule has 2 aromatic rings. The quantitative estimate of drug-likeness (QED) is 0.732. The van der Waals surface area contributed by atoms with Crippen LogP contribution in [0.15, 0.2) is 30.7 Å². The molecule has 0 unspecified atom stereocenters. The Morgan fingerprint density at radius 2 is 1.96 bits per heavy atom. The van der Waals surface area contributed by atoms with Gasteiger partial charge in [0.1, 0.15) is 0 Å². The predicted octanol–water partition coefficient (Wildman–Crippen LogP) is 1.03. The highest BCUT2D eigenvalue weighted by Gasteiger charge is 2.26. The lowest BCUT2D eigenvalue weighted by atomic mass is 10.3. The highest BCUT2D eigenvalue weighted by atomic mass is 32.2. The minimum absolute atomic E-state index is 0.0285. The molecular weight excluding hydrogens is 334 g/mol. The molecule has 24 heavy (non-hydrogen) atoms. The third-order valence-electron chi connectivity index (χ3n) is 2.93. The van der Waals surface area contributed by atoms with Gasteiger partial charge in [0, 0.05) is 18.5 Å². The molecule has 0 aromatic carbocycles. The van der Waals surface area contributed by atoms with E-state index in [1.54, 1.807) is 6.07 Å². The largest absolute Gasteiger partial charge is 0.343 e. The summed E-state index contributed by atoms with van der Waals surface area (Å²) in [4.78, 5) is 21.3. The molecule has 0 aliphatic rings. The predicted molar refractivity (Wildman–Crippen MR) is 85.8 cm³/mol. The smallest absolute Gasteiger partial charge is 0.247 e. The topological polar surface area (TPSA) is 131 Å². The van der Waals surface area contributed by atoms with E-state index in [4.69, 9.17) is 0 Å². The summed E-state index contributed by atoms with van der Waals surface area (Å²) in [6.07, 6.45) is 6.27. The number of anilines is 2. The second kappa shape index (κ2) is 8.24. The van der Waals surface area contributed by atoms with Crippen LogP contribution in [-0.4, -0.2) is 45.6 Å². The average molecular weight is 351 g/mol. The fourth-order valence-electron chi connectivity index (χ4n) is 1.83. The summed E-state index contributed by atoms with van der Waals surface area (Å²) in [5, 5.41) is 10.7. The Bertz CT molecular complexity index is 716. The van der Waals surface area contributed by atoms with E-state index in [9.17, 15) is 13.2 Å². The van der Waals surface area contributed by atoms with Gasteiger partial charge in [-0.3, -0.25) is 0 Å². The van der Waals surface area contributed by atoms with Crippen LogP contribution in [0.25, 0.3) is 0 Å². The van der Waals surface area contributed by atoms with Gasteiger partial charge < -0.3 is 0 Å². The maximum absolute atomic E-state index is 12.5. The SMILES string of the molecule is CCCCCS(=O)(=O)NC(=O)N(c1ccnnn1)c1ncccn1. The van der Waals surface area contributed by atoms with Gasteiger partial charge in [0.2, 0.25) is 16.0 Å². The van der Waals surface area contributed by atoms with Gasteiger partial charge in [0.05, 0.1) is 11.9 Å². The monoisotopic (exact) mass is 351 g/mol. The van der Waals surface area contributed by atoms with Crippen molar-refractivity contribution in [1.82, 2.24) is 30.1 Å². The summed E-state index contributed by atoms with van der Waals surface area (Å²) < 4.78 is 26.1. The van der Waals surface area contributed by atoms with Gasteiger partial charge in [-0.15, -0.1) is 10.2 Å². The van der Waals surface area contributed by atoms with Crippen LogP contribution in [0.3, 0.4) is 0 Å². The first-order valence-electron chi connectivity index (χ1n) is 7.29. The van der Waals surface area contributed by atoms with Crippen LogP contribution in [0, 0.1) is 0 Å². The van der Waals surface area contributed by atoms with Gasteiger partial charge in [-0.2, -0.15) is 0 Å². The van der Waals surface area contributed by atoms with Crippen LogP contribution in [-0.2, 0) is 10.0 Å². The van der Waals surface area contributed by atoms with Crippen molar-refractivity contribution in [3.05, 3.63) is 30.7 Å². The van der Waals surface area contributed by atoms with Crippen LogP contribution in [0.2, 0.25) is 0 Å². The fourth-order valence-corrected chi connectivity index (χ4v) is 2.87. The van der Waals surface area contributed by atoms with E-state index < -0.39 is 16.1 Å². The van der Waals surface area contributed by atoms with Crippen molar-refractivity contribution in [3.8, 4) is 0 Å². The lowest BCUT2D eigenvalue weighted by Crippen LogP contribution is -2.42. The number of amides is 2. The lowest BCUT2D eigenvalue weighted by molar-refractivity contribution is 0.252. The maximum atomic E-state index is 12.5. The molecule has 0 bridgehead atoms. The number of nitrogens with one attached hydrogen (secondary N) is 1. The van der Waals surface area contributed by atoms with E-state index in [1.807, 2.05) is 11.6 Å². The van der Waals surface area contributed by atoms with E-state index in [1.165, 1.54) is 24.7 Å². The number of unbranched alkanes of at least 4 members (excludes halogenated alkanes) is 2. The summed E-state index contributed by atoms with van der Waals surface area (Å²) >= 11 is 0. The average Bonchev–Trinajstić information content (AvgIpc) is 2.56. The standard InChI is InChI=1S/C13H17N7O3S/c1-2-3-4-10-24(22,23)18-13(21)20(11-6-9-16-19-17-11)12-14-7-5-8-15-12/h5-9H,2-4,10H2,1H3,(H,18,21). The number of carbonyl (C=O) groups is 1. The summed E-state index contributed by atoms with van der Waals surface area (Å²) in [6.45, 7) is 1.96. The zero-order valence-electron chi connectivity index (χ0n) is 13.0. The molecule has 1 N–H and O–H groups in total. The highest BCUT2D eigenvalue weighted by Crippen LogP contribution is 2.18. The molecular formula is C13H17N7O3S. The first-order chi connectivity index (χ1) is 11.5. The minimum Gasteiger partial charge on any atom is -0.247 e. The van der Waals surface area contributed by atoms with Gasteiger partial charge in [-0.25, -0.2) is 32.8 Å². The molecule has 2 amide bonds. The zero-order valence-corrected chi connectivity index (χ0v) is 13.8. The Morgan fingerprint density at radius 3 is 2.58 bits per heavy atom. The van der Waals surface area contributed by atoms with Crippen molar-refractivity contribution in [3.63, 3.8) is 0 Å². The van der Waals surface area contributed by atoms with E-state index >= 15 is 0 Å². The van der Waals surface area contributed by atoms with Crippen molar-refractivity contribution >= 4 is 27.8 Å². The summed E-state index contributed by atoms with van der Waals surface area (Å²) in [5.41, 5.74) is 0. The van der Waals surface area contributed by atoms with E-state index in [0.29, 0.717) is 6.42 Å². The Balaban J connectivity index is 2.23. The van der Waals surface area contributed by atoms with Gasteiger partial charge >= 0.3 is 6.03 Å². The molecule has 10 nitrogen and oxygen atoms in total. The number of rotatable bonds is 7. The van der Waals surface area contributed by atoms with E-state index in [2.05, 4.69) is 25.4 Å². The highest BCUT2D eigenvalue weighted by molar-refractivity contribution is 7.90. The van der Waals surface area contributed by atoms with Gasteiger partial charge in [0.15, 0.2) is 5.82 Å². The number of urea groups is 1. The van der Waals surface area contributed by atoms with Gasteiger partial charge in [-0.1, -0.05) is 19.8 Å². The molecule has 0 aliphatic heterocycles. The summed E-state index contributed by atoms with van der Waals surface area (Å²) in [7, 11) is -3.77. The Kier molecular flexibility index (Phi) is 6.07. The van der Waals surface area contributed by atoms with Crippen molar-refractivity contribution < 1.29 is 13.2 Å². The second-order valence-corrected chi connectivity index (χ2v) is 6.64. The van der Waals surface area contributed by atoms with E-state index in [0.717, 1.165) is 17.7 Å². The van der Waals surface area contributed by atoms with Crippen molar-refractivity contribution in [2.45, 2.75) is 26.2 Å².